The summed E-state index contributed by atoms with van der Waals surface area (Å²) in [5.74, 6) is -0.315. The number of aldehydes is 1. The monoisotopic (exact) mass is 632 g/mol. The van der Waals surface area contributed by atoms with Crippen LogP contribution in [0.4, 0.5) is 15.0 Å². The zero-order valence-corrected chi connectivity index (χ0v) is 27.0. The lowest BCUT2D eigenvalue weighted by atomic mass is 9.95. The van der Waals surface area contributed by atoms with Crippen molar-refractivity contribution in [3.63, 3.8) is 0 Å². The van der Waals surface area contributed by atoms with Crippen LogP contribution in [0, 0.1) is 5.82 Å². The highest BCUT2D eigenvalue weighted by molar-refractivity contribution is 5.93. The number of nitrogens with zero attached hydrogens (tertiary/aromatic N) is 6. The molecule has 7 rings (SSSR count). The Morgan fingerprint density at radius 1 is 1.15 bits per heavy atom. The second kappa shape index (κ2) is 11.7. The molecule has 4 aliphatic heterocycles. The van der Waals surface area contributed by atoms with Gasteiger partial charge in [0.05, 0.1) is 25.8 Å². The molecule has 46 heavy (non-hydrogen) atoms. The predicted molar refractivity (Wildman–Crippen MR) is 173 cm³/mol. The summed E-state index contributed by atoms with van der Waals surface area (Å²) in [5, 5.41) is 0.361. The summed E-state index contributed by atoms with van der Waals surface area (Å²) in [6, 6.07) is 4.60. The average Bonchev–Trinajstić information content (AvgIpc) is 3.72. The lowest BCUT2D eigenvalue weighted by Crippen LogP contribution is -2.57. The van der Waals surface area contributed by atoms with Gasteiger partial charge in [0.2, 0.25) is 0 Å². The van der Waals surface area contributed by atoms with Crippen LogP contribution in [0.25, 0.3) is 22.2 Å². The van der Waals surface area contributed by atoms with E-state index in [-0.39, 0.29) is 35.4 Å². The summed E-state index contributed by atoms with van der Waals surface area (Å²) in [7, 11) is 0. The van der Waals surface area contributed by atoms with Gasteiger partial charge in [0.15, 0.2) is 5.82 Å². The van der Waals surface area contributed by atoms with Crippen LogP contribution in [0.15, 0.2) is 24.4 Å². The second-order valence-corrected chi connectivity index (χ2v) is 14.0. The topological polar surface area (TPSA) is 101 Å². The van der Waals surface area contributed by atoms with E-state index in [1.165, 1.54) is 0 Å². The number of ether oxygens (including phenoxy) is 2. The Morgan fingerprint density at radius 3 is 2.52 bits per heavy atom. The third kappa shape index (κ3) is 5.46. The molecule has 1 aromatic carbocycles. The number of fused-ring (bicyclic) bond motifs is 4. The highest BCUT2D eigenvalue weighted by atomic mass is 19.1. The normalized spacial score (nSPS) is 23.3. The van der Waals surface area contributed by atoms with Crippen molar-refractivity contribution in [2.45, 2.75) is 95.9 Å². The van der Waals surface area contributed by atoms with Crippen molar-refractivity contribution in [3.05, 3.63) is 41.3 Å². The van der Waals surface area contributed by atoms with Gasteiger partial charge in [-0.05, 0) is 90.4 Å². The minimum Gasteiger partial charge on any atom is -0.461 e. The van der Waals surface area contributed by atoms with Crippen LogP contribution < -0.4 is 9.64 Å². The zero-order valence-electron chi connectivity index (χ0n) is 29.0. The number of amides is 1. The summed E-state index contributed by atoms with van der Waals surface area (Å²) >= 11 is 0. The van der Waals surface area contributed by atoms with Gasteiger partial charge in [-0.3, -0.25) is 19.6 Å². The molecule has 2 atom stereocenters. The number of halogens is 1. The number of piperazine rings is 1. The van der Waals surface area contributed by atoms with E-state index in [1.807, 2.05) is 37.5 Å². The molecule has 0 aliphatic carbocycles. The molecule has 1 amide bonds. The van der Waals surface area contributed by atoms with Crippen molar-refractivity contribution in [1.82, 2.24) is 24.8 Å². The summed E-state index contributed by atoms with van der Waals surface area (Å²) in [4.78, 5) is 44.7. The molecule has 0 radical (unpaired) electrons. The van der Waals surface area contributed by atoms with E-state index in [2.05, 4.69) is 14.9 Å². The molecule has 4 aliphatic rings. The summed E-state index contributed by atoms with van der Waals surface area (Å²) in [6.07, 6.45) is 7.16. The largest absolute Gasteiger partial charge is 0.461 e. The van der Waals surface area contributed by atoms with Crippen molar-refractivity contribution in [2.75, 3.05) is 37.6 Å². The van der Waals surface area contributed by atoms with Crippen LogP contribution in [0.5, 0.6) is 6.01 Å². The van der Waals surface area contributed by atoms with Gasteiger partial charge in [0.1, 0.15) is 35.5 Å². The molecule has 2 aromatic heterocycles. The molecule has 0 saturated carbocycles. The fourth-order valence-electron chi connectivity index (χ4n) is 7.79. The first kappa shape index (κ1) is 28.4. The van der Waals surface area contributed by atoms with Crippen molar-refractivity contribution in [1.29, 1.82) is 0 Å². The lowest BCUT2D eigenvalue weighted by Gasteiger charge is -2.42. The maximum absolute atomic E-state index is 16.8. The van der Waals surface area contributed by atoms with E-state index in [9.17, 15) is 9.59 Å². The molecule has 244 valence electrons. The fraction of sp³-hybridized carbons (Fsp3) is 0.571. The van der Waals surface area contributed by atoms with Gasteiger partial charge in [0, 0.05) is 30.4 Å². The number of benzene rings is 1. The molecule has 3 aromatic rings. The van der Waals surface area contributed by atoms with Gasteiger partial charge >= 0.3 is 12.1 Å². The molecular weight excluding hydrogens is 587 g/mol. The van der Waals surface area contributed by atoms with Gasteiger partial charge < -0.3 is 14.4 Å². The molecule has 0 N–H and O–H groups in total. The van der Waals surface area contributed by atoms with Crippen LogP contribution in [0.1, 0.15) is 84.9 Å². The number of carbonyl (C=O) groups excluding carboxylic acids is 2. The molecule has 0 spiro atoms. The molecule has 11 heteroatoms. The number of aryl methyl sites for hydroxylation is 1. The van der Waals surface area contributed by atoms with Crippen molar-refractivity contribution in [3.8, 4) is 17.3 Å². The second-order valence-electron chi connectivity index (χ2n) is 14.0. The molecule has 4 saturated heterocycles. The maximum Gasteiger partial charge on any atom is 0.410 e. The van der Waals surface area contributed by atoms with Crippen LogP contribution in [-0.2, 0) is 11.2 Å². The summed E-state index contributed by atoms with van der Waals surface area (Å²) in [5.41, 5.74) is 0.311. The first-order chi connectivity index (χ1) is 22.8. The van der Waals surface area contributed by atoms with Gasteiger partial charge in [-0.25, -0.2) is 9.18 Å². The third-order valence-electron chi connectivity index (χ3n) is 9.91. The van der Waals surface area contributed by atoms with Crippen LogP contribution in [-0.4, -0.2) is 93.1 Å². The van der Waals surface area contributed by atoms with E-state index in [4.69, 9.17) is 17.2 Å². The minimum atomic E-state index is -2.13. The lowest BCUT2D eigenvalue weighted by molar-refractivity contribution is 0.0122. The molecule has 10 nitrogen and oxygen atoms in total. The fourth-order valence-corrected chi connectivity index (χ4v) is 7.79. The average molecular weight is 633 g/mol. The Hall–Kier alpha value is -3.86. The van der Waals surface area contributed by atoms with E-state index >= 15 is 4.39 Å². The number of pyridine rings is 1. The zero-order chi connectivity index (χ0) is 34.0. The number of rotatable bonds is 7. The van der Waals surface area contributed by atoms with E-state index < -0.39 is 23.5 Å². The number of hydrogen-bond acceptors (Lipinski definition) is 9. The molecule has 4 fully saturated rings. The number of hydrogen-bond donors (Lipinski definition) is 0. The maximum atomic E-state index is 16.8. The summed E-state index contributed by atoms with van der Waals surface area (Å²) in [6.45, 7) is 7.84. The van der Waals surface area contributed by atoms with Crippen LogP contribution >= 0.6 is 0 Å². The number of carbonyl (C=O) groups is 2. The van der Waals surface area contributed by atoms with Gasteiger partial charge in [-0.2, -0.15) is 9.97 Å². The van der Waals surface area contributed by atoms with E-state index in [0.29, 0.717) is 54.7 Å². The van der Waals surface area contributed by atoms with Crippen molar-refractivity contribution < 1.29 is 26.2 Å². The predicted octanol–water partition coefficient (Wildman–Crippen LogP) is 5.80. The van der Waals surface area contributed by atoms with E-state index in [1.54, 1.807) is 24.4 Å². The SMILES string of the molecule is [2H]C([2H])(Oc1nc(N2C[C@H]3CC[C@@H](C2)N3C(=O)OC(C)(C)C)c2cnc(-c3cc(C=O)ccc3CC)c(F)c2n1)C12CCCN1CCC2. The Kier molecular flexibility index (Phi) is 7.24. The number of anilines is 1. The van der Waals surface area contributed by atoms with Gasteiger partial charge in [-0.1, -0.05) is 19.1 Å². The highest BCUT2D eigenvalue weighted by Gasteiger charge is 2.46. The van der Waals surface area contributed by atoms with Gasteiger partial charge in [0.25, 0.3) is 0 Å². The van der Waals surface area contributed by atoms with Crippen molar-refractivity contribution >= 4 is 29.1 Å². The molecular formula is C35H43FN6O4. The molecule has 2 bridgehead atoms. The Labute approximate surface area is 272 Å². The Bertz CT molecular complexity index is 1740. The highest BCUT2D eigenvalue weighted by Crippen LogP contribution is 2.41. The van der Waals surface area contributed by atoms with Crippen LogP contribution in [0.3, 0.4) is 0 Å². The van der Waals surface area contributed by atoms with Crippen molar-refractivity contribution in [2.24, 2.45) is 0 Å². The Balaban J connectivity index is 1.32. The standard InChI is InChI=1S/C35H43FN6O4/c1-5-23-9-8-22(20-43)16-26(23)29-28(36)30-27(17-37-29)31(39-32(38-30)45-21-35-12-6-14-41(35)15-7-13-35)40-18-24-10-11-25(19-40)42(24)33(44)46-34(2,3)4/h8-9,16-17,20,24-25H,5-7,10-15,18-19,21H2,1-4H3/t24-,25+/i21D2. The van der Waals surface area contributed by atoms with Crippen LogP contribution in [0.2, 0.25) is 0 Å². The third-order valence-corrected chi connectivity index (χ3v) is 9.91. The Morgan fingerprint density at radius 2 is 1.87 bits per heavy atom. The smallest absolute Gasteiger partial charge is 0.410 e. The number of aromatic nitrogens is 3. The van der Waals surface area contributed by atoms with E-state index in [0.717, 1.165) is 50.6 Å². The minimum absolute atomic E-state index is 0.0384. The first-order valence-electron chi connectivity index (χ1n) is 17.5. The van der Waals surface area contributed by atoms with Gasteiger partial charge in [-0.15, -0.1) is 0 Å². The molecule has 6 heterocycles. The molecule has 0 unspecified atom stereocenters. The summed E-state index contributed by atoms with van der Waals surface area (Å²) < 4.78 is 47.0. The quantitative estimate of drug-likeness (QED) is 0.299. The first-order valence-corrected chi connectivity index (χ1v) is 16.5.